The second-order valence-electron chi connectivity index (χ2n) is 7.46. The third-order valence-electron chi connectivity index (χ3n) is 5.29. The van der Waals surface area contributed by atoms with Gasteiger partial charge in [0, 0.05) is 26.8 Å². The lowest BCUT2D eigenvalue weighted by Gasteiger charge is -2.22. The monoisotopic (exact) mass is 536 g/mol. The van der Waals surface area contributed by atoms with Gasteiger partial charge in [0.2, 0.25) is 0 Å². The van der Waals surface area contributed by atoms with Crippen molar-refractivity contribution in [2.45, 2.75) is 12.5 Å². The van der Waals surface area contributed by atoms with Crippen LogP contribution in [-0.2, 0) is 20.5 Å². The number of hydrogen-bond donors (Lipinski definition) is 1. The first kappa shape index (κ1) is 22.6. The zero-order chi connectivity index (χ0) is 23.1. The summed E-state index contributed by atoms with van der Waals surface area (Å²) >= 11 is 9.52. The minimum atomic E-state index is -4.11. The van der Waals surface area contributed by atoms with Crippen LogP contribution >= 0.6 is 27.5 Å². The second kappa shape index (κ2) is 8.38. The van der Waals surface area contributed by atoms with Crippen molar-refractivity contribution in [2.24, 2.45) is 0 Å². The van der Waals surface area contributed by atoms with Crippen LogP contribution in [0.5, 0.6) is 5.75 Å². The third-order valence-corrected chi connectivity index (χ3v) is 7.23. The number of carbonyl (C=O) groups excluding carboxylic acids is 2. The molecular weight excluding hydrogens is 520 g/mol. The topological polar surface area (TPSA) is 92.8 Å². The Balaban J connectivity index is 1.51. The summed E-state index contributed by atoms with van der Waals surface area (Å²) in [5, 5.41) is 4.32. The molecule has 1 atom stereocenters. The first-order chi connectivity index (χ1) is 15.1. The number of nitrogens with one attached hydrogen (secondary N) is 1. The van der Waals surface area contributed by atoms with E-state index in [0.717, 1.165) is 9.37 Å². The molecule has 4 rings (SSSR count). The van der Waals surface area contributed by atoms with Gasteiger partial charge in [0.25, 0.3) is 5.91 Å². The van der Waals surface area contributed by atoms with E-state index in [9.17, 15) is 18.0 Å². The van der Waals surface area contributed by atoms with Crippen molar-refractivity contribution >= 4 is 60.4 Å². The van der Waals surface area contributed by atoms with Gasteiger partial charge in [-0.1, -0.05) is 63.9 Å². The van der Waals surface area contributed by atoms with Gasteiger partial charge >= 0.3 is 16.1 Å². The Kier molecular flexibility index (Phi) is 5.91. The number of urea groups is 1. The molecule has 0 radical (unpaired) electrons. The average Bonchev–Trinajstić information content (AvgIpc) is 2.98. The number of halogens is 2. The smallest absolute Gasteiger partial charge is 0.325 e. The van der Waals surface area contributed by atoms with E-state index >= 15 is 0 Å². The first-order valence-electron chi connectivity index (χ1n) is 9.60. The highest BCUT2D eigenvalue weighted by atomic mass is 79.9. The van der Waals surface area contributed by atoms with Crippen LogP contribution in [0, 0.1) is 0 Å². The molecule has 1 aliphatic heterocycles. The largest absolute Gasteiger partial charge is 0.382 e. The molecule has 0 spiro atoms. The molecule has 1 heterocycles. The number of imide groups is 1. The highest BCUT2D eigenvalue weighted by molar-refractivity contribution is 9.10. The van der Waals surface area contributed by atoms with E-state index < -0.39 is 33.3 Å². The summed E-state index contributed by atoms with van der Waals surface area (Å²) in [5.41, 5.74) is -0.711. The van der Waals surface area contributed by atoms with Gasteiger partial charge in [-0.2, -0.15) is 8.42 Å². The molecule has 3 aromatic rings. The molecule has 1 aliphatic rings. The highest BCUT2D eigenvalue weighted by Crippen LogP contribution is 2.33. The van der Waals surface area contributed by atoms with Crippen LogP contribution in [0.2, 0.25) is 5.02 Å². The van der Waals surface area contributed by atoms with Crippen molar-refractivity contribution in [1.29, 1.82) is 0 Å². The molecule has 3 amide bonds. The molecule has 0 saturated carbocycles. The Morgan fingerprint density at radius 3 is 2.50 bits per heavy atom. The normalized spacial score (nSPS) is 18.8. The first-order valence-corrected chi connectivity index (χ1v) is 12.4. The standard InChI is InChI=1S/C22H18BrClN2O5S/c1-22(14-5-4-6-15(23)13-14)20(27)26(21(28)25-22)11-12-32(29,30)31-19-10-9-18(24)16-7-2-3-8-17(16)19/h2-10,13H,11-12H2,1H3,(H,25,28)/t22-/m1/s1. The van der Waals surface area contributed by atoms with Crippen molar-refractivity contribution in [3.05, 3.63) is 75.7 Å². The molecular formula is C22H18BrClN2O5S. The fourth-order valence-electron chi connectivity index (χ4n) is 3.58. The van der Waals surface area contributed by atoms with Crippen molar-refractivity contribution in [3.63, 3.8) is 0 Å². The van der Waals surface area contributed by atoms with Crippen molar-refractivity contribution in [2.75, 3.05) is 12.3 Å². The number of benzene rings is 3. The zero-order valence-electron chi connectivity index (χ0n) is 16.8. The predicted octanol–water partition coefficient (Wildman–Crippen LogP) is 4.43. The van der Waals surface area contributed by atoms with E-state index in [1.165, 1.54) is 6.07 Å². The minimum absolute atomic E-state index is 0.126. The number of fused-ring (bicyclic) bond motifs is 1. The zero-order valence-corrected chi connectivity index (χ0v) is 20.0. The number of carbonyl (C=O) groups is 2. The Bertz CT molecular complexity index is 1350. The van der Waals surface area contributed by atoms with E-state index in [1.54, 1.807) is 61.5 Å². The molecule has 0 unspecified atom stereocenters. The van der Waals surface area contributed by atoms with Gasteiger partial charge < -0.3 is 9.50 Å². The summed E-state index contributed by atoms with van der Waals surface area (Å²) in [4.78, 5) is 26.4. The van der Waals surface area contributed by atoms with E-state index in [2.05, 4.69) is 21.2 Å². The summed E-state index contributed by atoms with van der Waals surface area (Å²) < 4.78 is 31.3. The maximum absolute atomic E-state index is 13.0. The lowest BCUT2D eigenvalue weighted by molar-refractivity contribution is -0.130. The number of amides is 3. The SMILES string of the molecule is C[C@]1(c2cccc(Br)c2)NC(=O)N(CCS(=O)(=O)Oc2ccc(Cl)c3ccccc23)C1=O. The summed E-state index contributed by atoms with van der Waals surface area (Å²) in [7, 11) is -4.11. The van der Waals surface area contributed by atoms with Crippen LogP contribution in [0.15, 0.2) is 65.1 Å². The summed E-state index contributed by atoms with van der Waals surface area (Å²) in [5.74, 6) is -0.966. The maximum atomic E-state index is 13.0. The van der Waals surface area contributed by atoms with Crippen LogP contribution in [0.4, 0.5) is 4.79 Å². The Morgan fingerprint density at radius 1 is 1.06 bits per heavy atom. The van der Waals surface area contributed by atoms with Crippen LogP contribution in [0.1, 0.15) is 12.5 Å². The summed E-state index contributed by atoms with van der Waals surface area (Å²) in [6.07, 6.45) is 0. The van der Waals surface area contributed by atoms with Gasteiger partial charge in [-0.25, -0.2) is 4.79 Å². The third kappa shape index (κ3) is 4.20. The Labute approximate surface area is 198 Å². The number of rotatable bonds is 6. The lowest BCUT2D eigenvalue weighted by Crippen LogP contribution is -2.41. The van der Waals surface area contributed by atoms with Gasteiger partial charge in [-0.05, 0) is 36.8 Å². The number of nitrogens with zero attached hydrogens (tertiary/aromatic N) is 1. The second-order valence-corrected chi connectivity index (χ2v) is 10.5. The number of hydrogen-bond acceptors (Lipinski definition) is 5. The minimum Gasteiger partial charge on any atom is -0.382 e. The molecule has 0 aromatic heterocycles. The average molecular weight is 538 g/mol. The lowest BCUT2D eigenvalue weighted by atomic mass is 9.92. The molecule has 7 nitrogen and oxygen atoms in total. The molecule has 3 aromatic carbocycles. The molecule has 166 valence electrons. The molecule has 1 fully saturated rings. The van der Waals surface area contributed by atoms with Gasteiger partial charge in [0.1, 0.15) is 11.3 Å². The van der Waals surface area contributed by atoms with E-state index in [0.29, 0.717) is 21.4 Å². The molecule has 1 N–H and O–H groups in total. The van der Waals surface area contributed by atoms with Crippen LogP contribution in [-0.4, -0.2) is 37.6 Å². The fourth-order valence-corrected chi connectivity index (χ4v) is 5.12. The van der Waals surface area contributed by atoms with Gasteiger partial charge in [0.15, 0.2) is 5.75 Å². The van der Waals surface area contributed by atoms with Crippen molar-refractivity contribution in [3.8, 4) is 5.75 Å². The van der Waals surface area contributed by atoms with Crippen molar-refractivity contribution in [1.82, 2.24) is 10.2 Å². The van der Waals surface area contributed by atoms with Crippen LogP contribution in [0.3, 0.4) is 0 Å². The van der Waals surface area contributed by atoms with Crippen LogP contribution < -0.4 is 9.50 Å². The highest BCUT2D eigenvalue weighted by Gasteiger charge is 2.49. The molecule has 32 heavy (non-hydrogen) atoms. The van der Waals surface area contributed by atoms with E-state index in [4.69, 9.17) is 15.8 Å². The molecule has 0 aliphatic carbocycles. The summed E-state index contributed by atoms with van der Waals surface area (Å²) in [6, 6.07) is 16.4. The van der Waals surface area contributed by atoms with Crippen LogP contribution in [0.25, 0.3) is 10.8 Å². The molecule has 0 bridgehead atoms. The van der Waals surface area contributed by atoms with Gasteiger partial charge in [-0.3, -0.25) is 9.69 Å². The fraction of sp³-hybridized carbons (Fsp3) is 0.182. The maximum Gasteiger partial charge on any atom is 0.325 e. The van der Waals surface area contributed by atoms with E-state index in [1.807, 2.05) is 0 Å². The van der Waals surface area contributed by atoms with Crippen molar-refractivity contribution < 1.29 is 22.2 Å². The quantitative estimate of drug-likeness (QED) is 0.371. The summed E-state index contributed by atoms with van der Waals surface area (Å²) in [6.45, 7) is 1.24. The van der Waals surface area contributed by atoms with Gasteiger partial charge in [0.05, 0.1) is 0 Å². The molecule has 1 saturated heterocycles. The Hall–Kier alpha value is -2.62. The van der Waals surface area contributed by atoms with E-state index in [-0.39, 0.29) is 12.3 Å². The molecule has 10 heteroatoms. The Morgan fingerprint density at radius 2 is 1.78 bits per heavy atom. The van der Waals surface area contributed by atoms with Gasteiger partial charge in [-0.15, -0.1) is 0 Å². The predicted molar refractivity (Wildman–Crippen MR) is 125 cm³/mol.